The van der Waals surface area contributed by atoms with E-state index in [-0.39, 0.29) is 12.6 Å². The van der Waals surface area contributed by atoms with Gasteiger partial charge >= 0.3 is 0 Å². The lowest BCUT2D eigenvalue weighted by Gasteiger charge is -2.25. The Morgan fingerprint density at radius 3 is 2.60 bits per heavy atom. The molecule has 0 aliphatic carbocycles. The van der Waals surface area contributed by atoms with Crippen LogP contribution >= 0.6 is 22.9 Å². The highest BCUT2D eigenvalue weighted by molar-refractivity contribution is 7.16. The maximum absolute atomic E-state index is 12.2. The Bertz CT molecular complexity index is 306. The number of likely N-dealkylation sites (N-methyl/N-ethyl adjacent to an activating group) is 1. The van der Waals surface area contributed by atoms with Crippen LogP contribution < -0.4 is 5.73 Å². The SMILES string of the molecule is CN(CC(F)F)C(CN)c1ccc(Cl)s1. The Labute approximate surface area is 96.6 Å². The summed E-state index contributed by atoms with van der Waals surface area (Å²) < 4.78 is 25.0. The van der Waals surface area contributed by atoms with E-state index in [0.29, 0.717) is 10.9 Å². The molecule has 2 N–H and O–H groups in total. The summed E-state index contributed by atoms with van der Waals surface area (Å²) in [6.45, 7) is 0.0252. The molecule has 0 aliphatic heterocycles. The Morgan fingerprint density at radius 2 is 2.20 bits per heavy atom. The predicted molar refractivity (Wildman–Crippen MR) is 59.8 cm³/mol. The second-order valence-electron chi connectivity index (χ2n) is 3.22. The summed E-state index contributed by atoms with van der Waals surface area (Å²) in [5, 5.41) is 0. The molecule has 0 amide bonds. The molecule has 0 bridgehead atoms. The summed E-state index contributed by atoms with van der Waals surface area (Å²) in [5.74, 6) is 0. The number of alkyl halides is 2. The number of hydrogen-bond donors (Lipinski definition) is 1. The lowest BCUT2D eigenvalue weighted by molar-refractivity contribution is 0.0829. The highest BCUT2D eigenvalue weighted by Crippen LogP contribution is 2.29. The molecule has 2 nitrogen and oxygen atoms in total. The first-order chi connectivity index (χ1) is 7.04. The first-order valence-corrected chi connectivity index (χ1v) is 5.67. The van der Waals surface area contributed by atoms with Gasteiger partial charge in [-0.15, -0.1) is 11.3 Å². The van der Waals surface area contributed by atoms with Crippen molar-refractivity contribution in [1.29, 1.82) is 0 Å². The molecular weight excluding hydrogens is 242 g/mol. The molecule has 0 saturated carbocycles. The van der Waals surface area contributed by atoms with E-state index in [1.165, 1.54) is 11.3 Å². The smallest absolute Gasteiger partial charge is 0.251 e. The molecule has 1 heterocycles. The lowest BCUT2D eigenvalue weighted by atomic mass is 10.2. The number of halogens is 3. The van der Waals surface area contributed by atoms with E-state index in [1.54, 1.807) is 18.0 Å². The molecule has 0 saturated heterocycles. The van der Waals surface area contributed by atoms with E-state index < -0.39 is 6.43 Å². The van der Waals surface area contributed by atoms with Crippen molar-refractivity contribution in [3.8, 4) is 0 Å². The van der Waals surface area contributed by atoms with E-state index in [2.05, 4.69) is 0 Å². The van der Waals surface area contributed by atoms with Crippen LogP contribution in [-0.2, 0) is 0 Å². The maximum atomic E-state index is 12.2. The summed E-state index contributed by atoms with van der Waals surface area (Å²) >= 11 is 7.16. The maximum Gasteiger partial charge on any atom is 0.251 e. The van der Waals surface area contributed by atoms with E-state index in [1.807, 2.05) is 6.07 Å². The second-order valence-corrected chi connectivity index (χ2v) is 4.97. The molecule has 86 valence electrons. The molecule has 1 atom stereocenters. The minimum atomic E-state index is -2.35. The third-order valence-corrected chi connectivity index (χ3v) is 3.44. The fourth-order valence-corrected chi connectivity index (χ4v) is 2.61. The van der Waals surface area contributed by atoms with Gasteiger partial charge in [0.05, 0.1) is 16.9 Å². The minimum Gasteiger partial charge on any atom is -0.329 e. The van der Waals surface area contributed by atoms with Gasteiger partial charge < -0.3 is 5.73 Å². The van der Waals surface area contributed by atoms with Crippen LogP contribution in [-0.4, -0.2) is 31.5 Å². The molecule has 1 unspecified atom stereocenters. The van der Waals surface area contributed by atoms with Gasteiger partial charge in [0.25, 0.3) is 6.43 Å². The fraction of sp³-hybridized carbons (Fsp3) is 0.556. The Kier molecular flexibility index (Phi) is 4.92. The zero-order valence-corrected chi connectivity index (χ0v) is 9.86. The summed E-state index contributed by atoms with van der Waals surface area (Å²) in [7, 11) is 1.64. The zero-order chi connectivity index (χ0) is 11.4. The normalized spacial score (nSPS) is 13.8. The van der Waals surface area contributed by atoms with Crippen molar-refractivity contribution in [2.75, 3.05) is 20.1 Å². The first kappa shape index (κ1) is 12.8. The monoisotopic (exact) mass is 254 g/mol. The Hall–Kier alpha value is -0.230. The van der Waals surface area contributed by atoms with Crippen LogP contribution in [0.15, 0.2) is 12.1 Å². The van der Waals surface area contributed by atoms with Gasteiger partial charge in [0.2, 0.25) is 0 Å². The average molecular weight is 255 g/mol. The summed E-state index contributed by atoms with van der Waals surface area (Å²) in [4.78, 5) is 2.47. The highest BCUT2D eigenvalue weighted by Gasteiger charge is 2.19. The van der Waals surface area contributed by atoms with Crippen molar-refractivity contribution in [2.45, 2.75) is 12.5 Å². The average Bonchev–Trinajstić information content (AvgIpc) is 2.51. The molecule has 15 heavy (non-hydrogen) atoms. The van der Waals surface area contributed by atoms with E-state index in [0.717, 1.165) is 4.88 Å². The van der Waals surface area contributed by atoms with Gasteiger partial charge in [-0.25, -0.2) is 8.78 Å². The highest BCUT2D eigenvalue weighted by atomic mass is 35.5. The van der Waals surface area contributed by atoms with Crippen LogP contribution in [0.3, 0.4) is 0 Å². The quantitative estimate of drug-likeness (QED) is 0.875. The van der Waals surface area contributed by atoms with Crippen molar-refractivity contribution in [2.24, 2.45) is 5.73 Å². The van der Waals surface area contributed by atoms with Gasteiger partial charge in [0, 0.05) is 11.4 Å². The van der Waals surface area contributed by atoms with Crippen LogP contribution in [0, 0.1) is 0 Å². The topological polar surface area (TPSA) is 29.3 Å². The molecule has 1 aromatic rings. The van der Waals surface area contributed by atoms with Gasteiger partial charge in [-0.05, 0) is 19.2 Å². The van der Waals surface area contributed by atoms with Gasteiger partial charge in [-0.2, -0.15) is 0 Å². The molecule has 0 aliphatic rings. The summed E-state index contributed by atoms with van der Waals surface area (Å²) in [6, 6.07) is 3.39. The number of hydrogen-bond acceptors (Lipinski definition) is 3. The minimum absolute atomic E-state index is 0.184. The second kappa shape index (κ2) is 5.75. The third kappa shape index (κ3) is 3.68. The van der Waals surface area contributed by atoms with Crippen LogP contribution in [0.1, 0.15) is 10.9 Å². The van der Waals surface area contributed by atoms with Crippen LogP contribution in [0.2, 0.25) is 4.34 Å². The number of nitrogens with zero attached hydrogens (tertiary/aromatic N) is 1. The first-order valence-electron chi connectivity index (χ1n) is 4.48. The fourth-order valence-electron chi connectivity index (χ4n) is 1.37. The number of nitrogens with two attached hydrogens (primary N) is 1. The lowest BCUT2D eigenvalue weighted by Crippen LogP contribution is -2.33. The molecule has 0 aromatic carbocycles. The molecule has 1 aromatic heterocycles. The zero-order valence-electron chi connectivity index (χ0n) is 8.29. The molecular formula is C9H13ClF2N2S. The largest absolute Gasteiger partial charge is 0.329 e. The third-order valence-electron chi connectivity index (χ3n) is 2.10. The van der Waals surface area contributed by atoms with E-state index >= 15 is 0 Å². The van der Waals surface area contributed by atoms with Crippen LogP contribution in [0.5, 0.6) is 0 Å². The van der Waals surface area contributed by atoms with E-state index in [9.17, 15) is 8.78 Å². The molecule has 0 fully saturated rings. The van der Waals surface area contributed by atoms with Crippen molar-refractivity contribution in [3.05, 3.63) is 21.3 Å². The van der Waals surface area contributed by atoms with Gasteiger partial charge in [0.1, 0.15) is 0 Å². The molecule has 0 spiro atoms. The van der Waals surface area contributed by atoms with E-state index in [4.69, 9.17) is 17.3 Å². The summed E-state index contributed by atoms with van der Waals surface area (Å²) in [6.07, 6.45) is -2.35. The van der Waals surface area contributed by atoms with Gasteiger partial charge in [0.15, 0.2) is 0 Å². The Morgan fingerprint density at radius 1 is 1.53 bits per heavy atom. The van der Waals surface area contributed by atoms with Crippen molar-refractivity contribution < 1.29 is 8.78 Å². The number of rotatable bonds is 5. The summed E-state index contributed by atoms with van der Waals surface area (Å²) in [5.41, 5.74) is 5.57. The van der Waals surface area contributed by atoms with Crippen molar-refractivity contribution in [1.82, 2.24) is 4.90 Å². The van der Waals surface area contributed by atoms with Crippen molar-refractivity contribution in [3.63, 3.8) is 0 Å². The van der Waals surface area contributed by atoms with Crippen LogP contribution in [0.25, 0.3) is 0 Å². The Balaban J connectivity index is 2.70. The number of thiophene rings is 1. The van der Waals surface area contributed by atoms with Gasteiger partial charge in [-0.1, -0.05) is 11.6 Å². The molecule has 0 radical (unpaired) electrons. The predicted octanol–water partition coefficient (Wildman–Crippen LogP) is 2.60. The molecule has 6 heteroatoms. The van der Waals surface area contributed by atoms with Crippen LogP contribution in [0.4, 0.5) is 8.78 Å². The standard InChI is InChI=1S/C9H13ClF2N2S/c1-14(5-9(11)12)6(4-13)7-2-3-8(10)15-7/h2-3,6,9H,4-5,13H2,1H3. The molecule has 1 rings (SSSR count). The van der Waals surface area contributed by atoms with Crippen molar-refractivity contribution >= 4 is 22.9 Å². The van der Waals surface area contributed by atoms with Gasteiger partial charge in [-0.3, -0.25) is 4.90 Å².